The quantitative estimate of drug-likeness (QED) is 0.758. The second-order valence-electron chi connectivity index (χ2n) is 5.98. The summed E-state index contributed by atoms with van der Waals surface area (Å²) in [4.78, 5) is 11.9. The molecule has 2 N–H and O–H groups in total. The Kier molecular flexibility index (Phi) is 5.96. The number of rotatable bonds is 8. The average Bonchev–Trinajstić information content (AvgIpc) is 3.13. The molecule has 1 aliphatic heterocycles. The minimum absolute atomic E-state index is 0.112. The second kappa shape index (κ2) is 8.58. The van der Waals surface area contributed by atoms with Crippen LogP contribution in [-0.4, -0.2) is 37.4 Å². The molecule has 0 aliphatic carbocycles. The Morgan fingerprint density at radius 2 is 1.92 bits per heavy atom. The summed E-state index contributed by atoms with van der Waals surface area (Å²) in [6, 6.07) is 12.7. The van der Waals surface area contributed by atoms with E-state index in [-0.39, 0.29) is 19.1 Å². The summed E-state index contributed by atoms with van der Waals surface area (Å²) in [7, 11) is 0. The van der Waals surface area contributed by atoms with Gasteiger partial charge in [-0.15, -0.1) is 0 Å². The fourth-order valence-corrected chi connectivity index (χ4v) is 2.74. The molecule has 6 nitrogen and oxygen atoms in total. The normalized spacial score (nSPS) is 13.5. The van der Waals surface area contributed by atoms with Gasteiger partial charge in [-0.25, -0.2) is 0 Å². The van der Waals surface area contributed by atoms with Crippen LogP contribution in [0.4, 0.5) is 0 Å². The van der Waals surface area contributed by atoms with Gasteiger partial charge < -0.3 is 24.6 Å². The summed E-state index contributed by atoms with van der Waals surface area (Å²) in [5, 5.41) is 12.9. The topological polar surface area (TPSA) is 77.0 Å². The summed E-state index contributed by atoms with van der Waals surface area (Å²) in [6.07, 6.45) is 0.0772. The highest BCUT2D eigenvalue weighted by Gasteiger charge is 2.16. The smallest absolute Gasteiger partial charge is 0.258 e. The first kappa shape index (κ1) is 18.1. The number of aliphatic hydroxyl groups is 1. The maximum Gasteiger partial charge on any atom is 0.258 e. The standard InChI is InChI=1S/C20H23NO5/c1-2-24-16-4-6-17(7-5-16)26-13-20(23)21-12-18(22)14-3-8-19-15(11-14)9-10-25-19/h3-8,11,18,22H,2,9-10,12-13H2,1H3,(H,21,23). The van der Waals surface area contributed by atoms with E-state index in [2.05, 4.69) is 5.32 Å². The van der Waals surface area contributed by atoms with Gasteiger partial charge in [0.25, 0.3) is 5.91 Å². The number of nitrogens with one attached hydrogen (secondary N) is 1. The Balaban J connectivity index is 1.43. The van der Waals surface area contributed by atoms with E-state index in [1.807, 2.05) is 25.1 Å². The average molecular weight is 357 g/mol. The first-order valence-electron chi connectivity index (χ1n) is 8.71. The van der Waals surface area contributed by atoms with Crippen LogP contribution in [0, 0.1) is 0 Å². The molecular formula is C20H23NO5. The van der Waals surface area contributed by atoms with E-state index in [9.17, 15) is 9.90 Å². The van der Waals surface area contributed by atoms with Crippen LogP contribution in [0.3, 0.4) is 0 Å². The van der Waals surface area contributed by atoms with Gasteiger partial charge in [-0.2, -0.15) is 0 Å². The Hall–Kier alpha value is -2.73. The summed E-state index contributed by atoms with van der Waals surface area (Å²) in [6.45, 7) is 3.21. The van der Waals surface area contributed by atoms with Crippen LogP contribution in [0.15, 0.2) is 42.5 Å². The third-order valence-corrected chi connectivity index (χ3v) is 4.10. The van der Waals surface area contributed by atoms with Crippen molar-refractivity contribution in [2.45, 2.75) is 19.4 Å². The van der Waals surface area contributed by atoms with E-state index < -0.39 is 6.10 Å². The molecule has 1 atom stereocenters. The zero-order valence-electron chi connectivity index (χ0n) is 14.7. The van der Waals surface area contributed by atoms with E-state index in [1.54, 1.807) is 24.3 Å². The van der Waals surface area contributed by atoms with Crippen molar-refractivity contribution in [2.24, 2.45) is 0 Å². The molecule has 0 aromatic heterocycles. The zero-order chi connectivity index (χ0) is 18.4. The molecule has 6 heteroatoms. The SMILES string of the molecule is CCOc1ccc(OCC(=O)NCC(O)c2ccc3c(c2)CCO3)cc1. The molecule has 2 aromatic rings. The highest BCUT2D eigenvalue weighted by Crippen LogP contribution is 2.28. The molecule has 0 fully saturated rings. The van der Waals surface area contributed by atoms with Crippen molar-refractivity contribution in [1.29, 1.82) is 0 Å². The van der Waals surface area contributed by atoms with Crippen molar-refractivity contribution < 1.29 is 24.1 Å². The third kappa shape index (κ3) is 4.67. The largest absolute Gasteiger partial charge is 0.494 e. The third-order valence-electron chi connectivity index (χ3n) is 4.10. The lowest BCUT2D eigenvalue weighted by molar-refractivity contribution is -0.123. The van der Waals surface area contributed by atoms with E-state index in [0.29, 0.717) is 19.0 Å². The molecule has 1 unspecified atom stereocenters. The van der Waals surface area contributed by atoms with Gasteiger partial charge in [-0.3, -0.25) is 4.79 Å². The Bertz CT molecular complexity index is 744. The molecule has 26 heavy (non-hydrogen) atoms. The number of fused-ring (bicyclic) bond motifs is 1. The van der Waals surface area contributed by atoms with Gasteiger partial charge in [0.15, 0.2) is 6.61 Å². The number of carbonyl (C=O) groups is 1. The van der Waals surface area contributed by atoms with Crippen LogP contribution in [-0.2, 0) is 11.2 Å². The van der Waals surface area contributed by atoms with Crippen LogP contribution in [0.1, 0.15) is 24.2 Å². The lowest BCUT2D eigenvalue weighted by atomic mass is 10.0. The predicted molar refractivity (Wildman–Crippen MR) is 96.7 cm³/mol. The highest BCUT2D eigenvalue weighted by molar-refractivity contribution is 5.77. The molecule has 2 aromatic carbocycles. The molecule has 3 rings (SSSR count). The molecule has 0 radical (unpaired) electrons. The van der Waals surface area contributed by atoms with E-state index >= 15 is 0 Å². The van der Waals surface area contributed by atoms with Crippen molar-refractivity contribution in [3.05, 3.63) is 53.6 Å². The minimum Gasteiger partial charge on any atom is -0.494 e. The zero-order valence-corrected chi connectivity index (χ0v) is 14.7. The Labute approximate surface area is 152 Å². The van der Waals surface area contributed by atoms with Crippen LogP contribution < -0.4 is 19.5 Å². The summed E-state index contributed by atoms with van der Waals surface area (Å²) >= 11 is 0. The summed E-state index contributed by atoms with van der Waals surface area (Å²) in [5.41, 5.74) is 1.86. The van der Waals surface area contributed by atoms with Crippen LogP contribution in [0.5, 0.6) is 17.2 Å². The molecule has 0 saturated carbocycles. The number of ether oxygens (including phenoxy) is 3. The number of carbonyl (C=O) groups excluding carboxylic acids is 1. The molecule has 1 amide bonds. The van der Waals surface area contributed by atoms with Crippen molar-refractivity contribution in [1.82, 2.24) is 5.32 Å². The Morgan fingerprint density at radius 1 is 1.19 bits per heavy atom. The van der Waals surface area contributed by atoms with Gasteiger partial charge >= 0.3 is 0 Å². The number of amides is 1. The number of benzene rings is 2. The first-order valence-corrected chi connectivity index (χ1v) is 8.71. The fourth-order valence-electron chi connectivity index (χ4n) is 2.74. The Morgan fingerprint density at radius 3 is 2.65 bits per heavy atom. The molecule has 1 aliphatic rings. The van der Waals surface area contributed by atoms with Crippen LogP contribution in [0.2, 0.25) is 0 Å². The summed E-state index contributed by atoms with van der Waals surface area (Å²) < 4.78 is 16.2. The van der Waals surface area contributed by atoms with Crippen molar-refractivity contribution >= 4 is 5.91 Å². The summed E-state index contributed by atoms with van der Waals surface area (Å²) in [5.74, 6) is 1.92. The number of aliphatic hydroxyl groups excluding tert-OH is 1. The van der Waals surface area contributed by atoms with Gasteiger partial charge in [0, 0.05) is 13.0 Å². The van der Waals surface area contributed by atoms with E-state index in [4.69, 9.17) is 14.2 Å². The van der Waals surface area contributed by atoms with Crippen molar-refractivity contribution in [2.75, 3.05) is 26.4 Å². The second-order valence-corrected chi connectivity index (χ2v) is 5.98. The first-order chi connectivity index (χ1) is 12.7. The van der Waals surface area contributed by atoms with Crippen LogP contribution in [0.25, 0.3) is 0 Å². The molecule has 138 valence electrons. The fraction of sp³-hybridized carbons (Fsp3) is 0.350. The van der Waals surface area contributed by atoms with Crippen molar-refractivity contribution in [3.63, 3.8) is 0 Å². The minimum atomic E-state index is -0.768. The molecule has 1 heterocycles. The van der Waals surface area contributed by atoms with Gasteiger partial charge in [0.1, 0.15) is 17.2 Å². The molecule has 0 saturated heterocycles. The van der Waals surface area contributed by atoms with Crippen LogP contribution >= 0.6 is 0 Å². The van der Waals surface area contributed by atoms with E-state index in [0.717, 1.165) is 29.0 Å². The molecule has 0 spiro atoms. The van der Waals surface area contributed by atoms with Gasteiger partial charge in [0.05, 0.1) is 19.3 Å². The molecular weight excluding hydrogens is 334 g/mol. The maximum atomic E-state index is 11.9. The van der Waals surface area contributed by atoms with Gasteiger partial charge in [0.2, 0.25) is 0 Å². The monoisotopic (exact) mass is 357 g/mol. The van der Waals surface area contributed by atoms with Crippen molar-refractivity contribution in [3.8, 4) is 17.2 Å². The molecule has 0 bridgehead atoms. The maximum absolute atomic E-state index is 11.9. The lowest BCUT2D eigenvalue weighted by Gasteiger charge is -2.14. The lowest BCUT2D eigenvalue weighted by Crippen LogP contribution is -2.32. The van der Waals surface area contributed by atoms with E-state index in [1.165, 1.54) is 0 Å². The van der Waals surface area contributed by atoms with Gasteiger partial charge in [-0.05, 0) is 54.4 Å². The highest BCUT2D eigenvalue weighted by atomic mass is 16.5. The van der Waals surface area contributed by atoms with Gasteiger partial charge in [-0.1, -0.05) is 6.07 Å². The predicted octanol–water partition coefficient (Wildman–Crippen LogP) is 2.25. The number of hydrogen-bond acceptors (Lipinski definition) is 5. The number of hydrogen-bond donors (Lipinski definition) is 2.